The summed E-state index contributed by atoms with van der Waals surface area (Å²) >= 11 is 0. The third kappa shape index (κ3) is 2.80. The van der Waals surface area contributed by atoms with Crippen molar-refractivity contribution in [2.45, 2.75) is 11.3 Å². The fourth-order valence-electron chi connectivity index (χ4n) is 2.19. The first-order chi connectivity index (χ1) is 9.02. The van der Waals surface area contributed by atoms with Crippen LogP contribution in [0.3, 0.4) is 0 Å². The molecule has 1 aliphatic rings. The molecule has 1 aromatic carbocycles. The molecule has 1 aromatic rings. The van der Waals surface area contributed by atoms with Crippen LogP contribution in [-0.2, 0) is 11.0 Å². The maximum Gasteiger partial charge on any atom is 0.127 e. The normalized spacial score (nSPS) is 15.7. The molecule has 19 heavy (non-hydrogen) atoms. The highest BCUT2D eigenvalue weighted by molar-refractivity contribution is 7.82. The van der Waals surface area contributed by atoms with Crippen molar-refractivity contribution in [3.8, 4) is 0 Å². The summed E-state index contributed by atoms with van der Waals surface area (Å²) in [4.78, 5) is 2.97. The van der Waals surface area contributed by atoms with Gasteiger partial charge in [-0.1, -0.05) is 30.4 Å². The van der Waals surface area contributed by atoms with Crippen molar-refractivity contribution in [2.24, 2.45) is 0 Å². The number of nitrogens with zero attached hydrogens (tertiary/aromatic N) is 2. The third-order valence-electron chi connectivity index (χ3n) is 3.08. The first-order valence-corrected chi connectivity index (χ1v) is 7.39. The predicted octanol–water partition coefficient (Wildman–Crippen LogP) is 2.59. The minimum Gasteiger partial charge on any atom is -0.377 e. The lowest BCUT2D eigenvalue weighted by Gasteiger charge is -2.21. The summed E-state index contributed by atoms with van der Waals surface area (Å²) in [7, 11) is 6.62. The van der Waals surface area contributed by atoms with Gasteiger partial charge in [-0.15, -0.1) is 0 Å². The van der Waals surface area contributed by atoms with Crippen molar-refractivity contribution in [1.82, 2.24) is 9.21 Å². The van der Waals surface area contributed by atoms with E-state index in [1.165, 1.54) is 5.70 Å². The van der Waals surface area contributed by atoms with E-state index >= 15 is 0 Å². The van der Waals surface area contributed by atoms with Gasteiger partial charge in [0, 0.05) is 30.9 Å². The summed E-state index contributed by atoms with van der Waals surface area (Å²) in [6, 6.07) is 6.01. The number of benzene rings is 1. The molecule has 3 nitrogen and oxygen atoms in total. The van der Waals surface area contributed by atoms with E-state index in [1.807, 2.05) is 40.3 Å². The van der Waals surface area contributed by atoms with Crippen LogP contribution in [-0.4, -0.2) is 41.6 Å². The monoisotopic (exact) mass is 276 g/mol. The van der Waals surface area contributed by atoms with Crippen molar-refractivity contribution in [3.05, 3.63) is 41.5 Å². The molecule has 1 unspecified atom stereocenters. The summed E-state index contributed by atoms with van der Waals surface area (Å²) in [6.07, 6.45) is 7.30. The molecule has 0 aliphatic heterocycles. The number of hydrogen-bond donors (Lipinski definition) is 0. The van der Waals surface area contributed by atoms with E-state index in [4.69, 9.17) is 0 Å². The molecule has 0 saturated carbocycles. The molecule has 0 spiro atoms. The fourth-order valence-corrected chi connectivity index (χ4v) is 3.14. The Morgan fingerprint density at radius 3 is 2.53 bits per heavy atom. The van der Waals surface area contributed by atoms with Gasteiger partial charge in [0.1, 0.15) is 11.0 Å². The molecule has 0 amide bonds. The average molecular weight is 276 g/mol. The van der Waals surface area contributed by atoms with E-state index < -0.39 is 11.0 Å². The molecule has 0 radical (unpaired) electrons. The van der Waals surface area contributed by atoms with Gasteiger partial charge >= 0.3 is 0 Å². The highest BCUT2D eigenvalue weighted by Gasteiger charge is 2.17. The standard InChI is InChI=1S/C15H20N2OS/c1-16(2)14-10-6-5-8-13-12(14)9-7-11-15(13)19(18)17(3)4/h5,7-11H,6H2,1-4H3. The molecule has 1 atom stereocenters. The van der Waals surface area contributed by atoms with Gasteiger partial charge < -0.3 is 4.90 Å². The highest BCUT2D eigenvalue weighted by Crippen LogP contribution is 2.30. The Morgan fingerprint density at radius 2 is 1.89 bits per heavy atom. The summed E-state index contributed by atoms with van der Waals surface area (Å²) in [5, 5.41) is 0. The Labute approximate surface area is 117 Å². The van der Waals surface area contributed by atoms with Crippen LogP contribution in [0.25, 0.3) is 11.8 Å². The van der Waals surface area contributed by atoms with Gasteiger partial charge in [0.2, 0.25) is 0 Å². The van der Waals surface area contributed by atoms with Crippen LogP contribution in [0.5, 0.6) is 0 Å². The second-order valence-corrected chi connectivity index (χ2v) is 6.57. The Bertz CT molecular complexity index is 559. The molecule has 4 heteroatoms. The molecule has 0 N–H and O–H groups in total. The van der Waals surface area contributed by atoms with Crippen molar-refractivity contribution in [2.75, 3.05) is 28.2 Å². The van der Waals surface area contributed by atoms with Crippen LogP contribution in [0.4, 0.5) is 0 Å². The molecule has 0 heterocycles. The number of allylic oxidation sites excluding steroid dienone is 2. The van der Waals surface area contributed by atoms with Crippen molar-refractivity contribution in [3.63, 3.8) is 0 Å². The molecule has 2 rings (SSSR count). The predicted molar refractivity (Wildman–Crippen MR) is 81.9 cm³/mol. The van der Waals surface area contributed by atoms with Gasteiger partial charge in [-0.05, 0) is 26.6 Å². The van der Waals surface area contributed by atoms with E-state index in [1.54, 1.807) is 4.31 Å². The maximum absolute atomic E-state index is 12.4. The first-order valence-electron chi connectivity index (χ1n) is 6.29. The van der Waals surface area contributed by atoms with Gasteiger partial charge in [-0.3, -0.25) is 0 Å². The van der Waals surface area contributed by atoms with Crippen LogP contribution in [0, 0.1) is 0 Å². The number of hydrogen-bond acceptors (Lipinski definition) is 2. The van der Waals surface area contributed by atoms with Crippen molar-refractivity contribution in [1.29, 1.82) is 0 Å². The van der Waals surface area contributed by atoms with Gasteiger partial charge in [0.05, 0.1) is 4.90 Å². The van der Waals surface area contributed by atoms with E-state index in [0.29, 0.717) is 0 Å². The quantitative estimate of drug-likeness (QED) is 0.847. The third-order valence-corrected chi connectivity index (χ3v) is 4.47. The van der Waals surface area contributed by atoms with Crippen LogP contribution in [0.1, 0.15) is 17.5 Å². The van der Waals surface area contributed by atoms with E-state index in [-0.39, 0.29) is 0 Å². The molecule has 102 valence electrons. The van der Waals surface area contributed by atoms with Gasteiger partial charge in [0.15, 0.2) is 0 Å². The lowest BCUT2D eigenvalue weighted by molar-refractivity contribution is 0.589. The second-order valence-electron chi connectivity index (χ2n) is 4.90. The molecule has 1 aliphatic carbocycles. The van der Waals surface area contributed by atoms with Crippen LogP contribution < -0.4 is 0 Å². The Balaban J connectivity index is 2.61. The average Bonchev–Trinajstić information content (AvgIpc) is 2.59. The lowest BCUT2D eigenvalue weighted by atomic mass is 10.0. The Kier molecular flexibility index (Phi) is 4.22. The van der Waals surface area contributed by atoms with Crippen LogP contribution in [0.15, 0.2) is 35.2 Å². The van der Waals surface area contributed by atoms with E-state index in [9.17, 15) is 4.21 Å². The summed E-state index contributed by atoms with van der Waals surface area (Å²) in [5.74, 6) is 0. The summed E-state index contributed by atoms with van der Waals surface area (Å²) in [5.41, 5.74) is 3.39. The van der Waals surface area contributed by atoms with Crippen LogP contribution >= 0.6 is 0 Å². The minimum absolute atomic E-state index is 0.869. The highest BCUT2D eigenvalue weighted by atomic mass is 32.2. The Morgan fingerprint density at radius 1 is 1.16 bits per heavy atom. The number of fused-ring (bicyclic) bond motifs is 1. The summed E-state index contributed by atoms with van der Waals surface area (Å²) in [6.45, 7) is 0. The molecule has 0 fully saturated rings. The van der Waals surface area contributed by atoms with Gasteiger partial charge in [-0.2, -0.15) is 0 Å². The van der Waals surface area contributed by atoms with Crippen molar-refractivity contribution < 1.29 is 4.21 Å². The topological polar surface area (TPSA) is 23.6 Å². The van der Waals surface area contributed by atoms with Gasteiger partial charge in [-0.25, -0.2) is 8.51 Å². The lowest BCUT2D eigenvalue weighted by Crippen LogP contribution is -2.17. The zero-order valence-electron chi connectivity index (χ0n) is 11.9. The first kappa shape index (κ1) is 14.0. The molecular formula is C15H20N2OS. The molecule has 0 saturated heterocycles. The second kappa shape index (κ2) is 5.72. The van der Waals surface area contributed by atoms with E-state index in [2.05, 4.69) is 29.2 Å². The molecule has 0 aromatic heterocycles. The minimum atomic E-state index is -1.12. The largest absolute Gasteiger partial charge is 0.377 e. The SMILES string of the molecule is CN(C)C1=CCC=Cc2c1cccc2S(=O)N(C)C. The fraction of sp³-hybridized carbons (Fsp3) is 0.333. The molecule has 0 bridgehead atoms. The van der Waals surface area contributed by atoms with E-state index in [0.717, 1.165) is 22.4 Å². The van der Waals surface area contributed by atoms with Crippen LogP contribution in [0.2, 0.25) is 0 Å². The zero-order chi connectivity index (χ0) is 14.0. The Hall–Kier alpha value is -1.39. The van der Waals surface area contributed by atoms with Gasteiger partial charge in [0.25, 0.3) is 0 Å². The maximum atomic E-state index is 12.4. The summed E-state index contributed by atoms with van der Waals surface area (Å²) < 4.78 is 14.1. The van der Waals surface area contributed by atoms with Crippen molar-refractivity contribution >= 4 is 22.8 Å². The zero-order valence-corrected chi connectivity index (χ0v) is 12.7. The smallest absolute Gasteiger partial charge is 0.127 e. The number of rotatable bonds is 3. The molecular weight excluding hydrogens is 256 g/mol.